The van der Waals surface area contributed by atoms with Crippen LogP contribution >= 0.6 is 0 Å². The fourth-order valence-electron chi connectivity index (χ4n) is 7.80. The number of hydrogen-bond acceptors (Lipinski definition) is 2. The Morgan fingerprint density at radius 1 is 0.529 bits per heavy atom. The third-order valence-electron chi connectivity index (χ3n) is 10.2. The first kappa shape index (κ1) is 29.1. The van der Waals surface area contributed by atoms with Crippen molar-refractivity contribution in [1.29, 1.82) is 0 Å². The average molecular weight is 650 g/mol. The van der Waals surface area contributed by atoms with E-state index in [-0.39, 0.29) is 0 Å². The molecule has 238 valence electrons. The highest BCUT2D eigenvalue weighted by molar-refractivity contribution is 6.17. The second-order valence-corrected chi connectivity index (χ2v) is 13.1. The molecule has 3 nitrogen and oxygen atoms in total. The number of benzene rings is 7. The van der Waals surface area contributed by atoms with Crippen LogP contribution in [0.4, 0.5) is 0 Å². The van der Waals surface area contributed by atoms with Gasteiger partial charge in [0.05, 0.1) is 27.8 Å². The van der Waals surface area contributed by atoms with Gasteiger partial charge < -0.3 is 0 Å². The molecule has 0 atom stereocenters. The number of hydrogen-bond donors (Lipinski definition) is 0. The SMILES string of the molecule is C=C/C=c1\c(=C)ccc2c3ccc(-c4ccc(-c5cc(-c6ccccc6)c6ccccc6n5)cc4)cc3n3c4ccc5ccccc5c4nc3c12. The Balaban J connectivity index is 1.18. The summed E-state index contributed by atoms with van der Waals surface area (Å²) in [7, 11) is 0. The van der Waals surface area contributed by atoms with Crippen LogP contribution < -0.4 is 10.4 Å². The third kappa shape index (κ3) is 4.52. The van der Waals surface area contributed by atoms with E-state index in [1.807, 2.05) is 6.08 Å². The van der Waals surface area contributed by atoms with Crippen LogP contribution in [0.5, 0.6) is 0 Å². The van der Waals surface area contributed by atoms with E-state index in [4.69, 9.17) is 9.97 Å². The highest BCUT2D eigenvalue weighted by atomic mass is 15.0. The predicted octanol–water partition coefficient (Wildman–Crippen LogP) is 10.9. The Morgan fingerprint density at radius 2 is 1.25 bits per heavy atom. The lowest BCUT2D eigenvalue weighted by Crippen LogP contribution is -2.24. The van der Waals surface area contributed by atoms with Gasteiger partial charge in [0.2, 0.25) is 0 Å². The molecule has 0 saturated carbocycles. The maximum atomic E-state index is 5.38. The van der Waals surface area contributed by atoms with Crippen molar-refractivity contribution in [3.63, 3.8) is 0 Å². The lowest BCUT2D eigenvalue weighted by molar-refractivity contribution is 1.31. The Hall–Kier alpha value is -6.84. The molecule has 0 amide bonds. The molecule has 3 aromatic heterocycles. The molecular weight excluding hydrogens is 619 g/mol. The number of nitrogens with zero attached hydrogens (tertiary/aromatic N) is 3. The maximum absolute atomic E-state index is 5.38. The molecule has 3 heteroatoms. The van der Waals surface area contributed by atoms with Crippen molar-refractivity contribution in [2.75, 3.05) is 0 Å². The Labute approximate surface area is 294 Å². The zero-order valence-electron chi connectivity index (χ0n) is 27.8. The van der Waals surface area contributed by atoms with E-state index in [0.717, 1.165) is 87.5 Å². The van der Waals surface area contributed by atoms with E-state index in [9.17, 15) is 0 Å². The van der Waals surface area contributed by atoms with Crippen LogP contribution in [0.3, 0.4) is 0 Å². The fraction of sp³-hybridized carbons (Fsp3) is 0. The molecule has 10 aromatic rings. The summed E-state index contributed by atoms with van der Waals surface area (Å²) in [5.41, 5.74) is 11.8. The Kier molecular flexibility index (Phi) is 6.49. The van der Waals surface area contributed by atoms with Crippen LogP contribution in [0, 0.1) is 0 Å². The van der Waals surface area contributed by atoms with Gasteiger partial charge in [-0.05, 0) is 67.7 Å². The summed E-state index contributed by atoms with van der Waals surface area (Å²) in [6.07, 6.45) is 3.89. The lowest BCUT2D eigenvalue weighted by atomic mass is 9.96. The molecule has 0 unspecified atom stereocenters. The van der Waals surface area contributed by atoms with Gasteiger partial charge in [0.15, 0.2) is 0 Å². The molecule has 0 aliphatic heterocycles. The number of imidazole rings is 1. The summed E-state index contributed by atoms with van der Waals surface area (Å²) < 4.78 is 2.33. The minimum absolute atomic E-state index is 0.923. The van der Waals surface area contributed by atoms with E-state index in [2.05, 4.69) is 175 Å². The van der Waals surface area contributed by atoms with E-state index >= 15 is 0 Å². The van der Waals surface area contributed by atoms with Gasteiger partial charge in [-0.15, -0.1) is 0 Å². The van der Waals surface area contributed by atoms with Crippen LogP contribution in [0.15, 0.2) is 164 Å². The second kappa shape index (κ2) is 11.4. The number of para-hydroxylation sites is 1. The highest BCUT2D eigenvalue weighted by Crippen LogP contribution is 2.37. The third-order valence-corrected chi connectivity index (χ3v) is 10.2. The normalized spacial score (nSPS) is 12.2. The zero-order chi connectivity index (χ0) is 34.1. The minimum Gasteiger partial charge on any atom is -0.292 e. The van der Waals surface area contributed by atoms with E-state index in [0.29, 0.717) is 0 Å². The van der Waals surface area contributed by atoms with Gasteiger partial charge in [0.1, 0.15) is 5.65 Å². The second-order valence-electron chi connectivity index (χ2n) is 13.1. The molecule has 0 N–H and O–H groups in total. The first-order valence-corrected chi connectivity index (χ1v) is 17.2. The monoisotopic (exact) mass is 649 g/mol. The van der Waals surface area contributed by atoms with E-state index < -0.39 is 0 Å². The molecule has 0 radical (unpaired) electrons. The highest BCUT2D eigenvalue weighted by Gasteiger charge is 2.17. The van der Waals surface area contributed by atoms with Gasteiger partial charge in [-0.1, -0.05) is 153 Å². The Bertz CT molecular complexity index is 3150. The van der Waals surface area contributed by atoms with E-state index in [1.54, 1.807) is 0 Å². The predicted molar refractivity (Wildman–Crippen MR) is 216 cm³/mol. The Morgan fingerprint density at radius 3 is 2.10 bits per heavy atom. The average Bonchev–Trinajstić information content (AvgIpc) is 3.59. The van der Waals surface area contributed by atoms with Crippen LogP contribution in [0.1, 0.15) is 0 Å². The summed E-state index contributed by atoms with van der Waals surface area (Å²) in [5, 5.41) is 8.87. The summed E-state index contributed by atoms with van der Waals surface area (Å²) >= 11 is 0. The molecule has 0 fully saturated rings. The van der Waals surface area contributed by atoms with Crippen molar-refractivity contribution >= 4 is 72.7 Å². The molecule has 10 rings (SSSR count). The quantitative estimate of drug-likeness (QED) is 0.178. The molecule has 51 heavy (non-hydrogen) atoms. The van der Waals surface area contributed by atoms with Gasteiger partial charge in [-0.2, -0.15) is 0 Å². The zero-order valence-corrected chi connectivity index (χ0v) is 27.8. The summed E-state index contributed by atoms with van der Waals surface area (Å²) in [6.45, 7) is 8.39. The largest absolute Gasteiger partial charge is 0.292 e. The number of fused-ring (bicyclic) bond motifs is 11. The first-order chi connectivity index (χ1) is 25.2. The standard InChI is InChI=1S/C48H31N3/c1-3-11-36-30(2)18-25-40-39-26-23-35(28-45(39)51-44-27-24-33-14-7-8-15-37(33)47(44)50-48(51)46(36)40)31-19-21-34(22-20-31)43-29-41(32-12-5-4-6-13-32)38-16-9-10-17-42(38)49-43/h3-29H,1-2H2/b36-11+. The van der Waals surface area contributed by atoms with Crippen molar-refractivity contribution < 1.29 is 0 Å². The molecular formula is C48H31N3. The molecule has 3 heterocycles. The van der Waals surface area contributed by atoms with Crippen LogP contribution in [-0.4, -0.2) is 14.4 Å². The summed E-state index contributed by atoms with van der Waals surface area (Å²) in [4.78, 5) is 10.5. The van der Waals surface area contributed by atoms with Crippen molar-refractivity contribution in [2.45, 2.75) is 0 Å². The van der Waals surface area contributed by atoms with Crippen molar-refractivity contribution in [3.8, 4) is 33.5 Å². The van der Waals surface area contributed by atoms with Crippen LogP contribution in [0.2, 0.25) is 0 Å². The molecule has 0 aliphatic carbocycles. The maximum Gasteiger partial charge on any atom is 0.147 e. The summed E-state index contributed by atoms with van der Waals surface area (Å²) in [5.74, 6) is 0. The molecule has 0 aliphatic rings. The molecule has 0 bridgehead atoms. The number of aromatic nitrogens is 3. The number of allylic oxidation sites excluding steroid dienone is 1. The van der Waals surface area contributed by atoms with E-state index in [1.165, 1.54) is 16.5 Å². The smallest absolute Gasteiger partial charge is 0.147 e. The fourth-order valence-corrected chi connectivity index (χ4v) is 7.80. The lowest BCUT2D eigenvalue weighted by Gasteiger charge is -2.13. The van der Waals surface area contributed by atoms with Crippen LogP contribution in [0.25, 0.3) is 106 Å². The van der Waals surface area contributed by atoms with Crippen LogP contribution in [-0.2, 0) is 0 Å². The van der Waals surface area contributed by atoms with Gasteiger partial charge in [0.25, 0.3) is 0 Å². The van der Waals surface area contributed by atoms with Gasteiger partial charge >= 0.3 is 0 Å². The summed E-state index contributed by atoms with van der Waals surface area (Å²) in [6, 6.07) is 53.9. The first-order valence-electron chi connectivity index (χ1n) is 17.2. The number of rotatable bonds is 4. The van der Waals surface area contributed by atoms with Gasteiger partial charge in [-0.3, -0.25) is 4.40 Å². The minimum atomic E-state index is 0.923. The van der Waals surface area contributed by atoms with Crippen molar-refractivity contribution in [1.82, 2.24) is 14.4 Å². The van der Waals surface area contributed by atoms with Gasteiger partial charge in [-0.25, -0.2) is 9.97 Å². The number of pyridine rings is 2. The van der Waals surface area contributed by atoms with Crippen molar-refractivity contribution in [3.05, 3.63) is 175 Å². The molecule has 0 spiro atoms. The van der Waals surface area contributed by atoms with Crippen molar-refractivity contribution in [2.24, 2.45) is 0 Å². The molecule has 7 aromatic carbocycles. The van der Waals surface area contributed by atoms with Gasteiger partial charge in [0, 0.05) is 27.1 Å². The molecule has 0 saturated heterocycles. The topological polar surface area (TPSA) is 30.2 Å².